The summed E-state index contributed by atoms with van der Waals surface area (Å²) in [5.41, 5.74) is 1.08. The molecule has 0 amide bonds. The molecule has 1 fully saturated rings. The zero-order chi connectivity index (χ0) is 11.0. The van der Waals surface area contributed by atoms with Gasteiger partial charge < -0.3 is 10.4 Å². The van der Waals surface area contributed by atoms with E-state index in [-0.39, 0.29) is 0 Å². The summed E-state index contributed by atoms with van der Waals surface area (Å²) < 4.78 is 0. The molecule has 1 atom stereocenters. The average Bonchev–Trinajstić information content (AvgIpc) is 2.84. The van der Waals surface area contributed by atoms with Crippen LogP contribution in [0.3, 0.4) is 0 Å². The van der Waals surface area contributed by atoms with Gasteiger partial charge in [0.2, 0.25) is 0 Å². The summed E-state index contributed by atoms with van der Waals surface area (Å²) in [6.07, 6.45) is 6.94. The highest BCUT2D eigenvalue weighted by molar-refractivity contribution is 7.12. The number of hydrogen-bond acceptors (Lipinski definition) is 3. The first-order valence-corrected chi connectivity index (χ1v) is 7.10. The number of rotatable bonds is 2. The predicted molar refractivity (Wildman–Crippen MR) is 67.1 cm³/mol. The third kappa shape index (κ3) is 2.04. The Hall–Kier alpha value is -0.380. The minimum Gasteiger partial charge on any atom is -0.388 e. The van der Waals surface area contributed by atoms with Crippen molar-refractivity contribution in [3.8, 4) is 0 Å². The SMILES string of the molecule is OC1(Cc2cc3c(s2)CCCC3)CCNC1. The van der Waals surface area contributed by atoms with E-state index in [1.165, 1.54) is 30.6 Å². The molecule has 1 aromatic heterocycles. The van der Waals surface area contributed by atoms with Crippen LogP contribution in [0.4, 0.5) is 0 Å². The van der Waals surface area contributed by atoms with Gasteiger partial charge in [-0.05, 0) is 50.3 Å². The largest absolute Gasteiger partial charge is 0.388 e. The van der Waals surface area contributed by atoms with Gasteiger partial charge in [0.15, 0.2) is 0 Å². The maximum atomic E-state index is 10.4. The van der Waals surface area contributed by atoms with Crippen molar-refractivity contribution in [1.29, 1.82) is 0 Å². The standard InChI is InChI=1S/C13H19NOS/c15-13(5-6-14-9-13)8-11-7-10-3-1-2-4-12(10)16-11/h7,14-15H,1-6,8-9H2. The van der Waals surface area contributed by atoms with Gasteiger partial charge in [-0.1, -0.05) is 0 Å². The quantitative estimate of drug-likeness (QED) is 0.823. The topological polar surface area (TPSA) is 32.3 Å². The fraction of sp³-hybridized carbons (Fsp3) is 0.692. The summed E-state index contributed by atoms with van der Waals surface area (Å²) in [7, 11) is 0. The molecule has 3 heteroatoms. The zero-order valence-electron chi connectivity index (χ0n) is 9.59. The van der Waals surface area contributed by atoms with Crippen LogP contribution in [-0.4, -0.2) is 23.8 Å². The van der Waals surface area contributed by atoms with E-state index in [1.807, 2.05) is 11.3 Å². The summed E-state index contributed by atoms with van der Waals surface area (Å²) in [5, 5.41) is 13.6. The summed E-state index contributed by atoms with van der Waals surface area (Å²) in [6, 6.07) is 2.34. The zero-order valence-corrected chi connectivity index (χ0v) is 10.4. The molecule has 16 heavy (non-hydrogen) atoms. The third-order valence-electron chi connectivity index (χ3n) is 3.77. The molecule has 0 aromatic carbocycles. The van der Waals surface area contributed by atoms with Crippen LogP contribution in [0.15, 0.2) is 6.07 Å². The molecule has 0 spiro atoms. The second-order valence-corrected chi connectivity index (χ2v) is 6.42. The Morgan fingerprint density at radius 2 is 2.25 bits per heavy atom. The predicted octanol–water partition coefficient (Wildman–Crippen LogP) is 1.89. The number of aliphatic hydroxyl groups is 1. The molecule has 88 valence electrons. The monoisotopic (exact) mass is 237 g/mol. The first kappa shape index (κ1) is 10.8. The van der Waals surface area contributed by atoms with Gasteiger partial charge in [-0.15, -0.1) is 11.3 Å². The van der Waals surface area contributed by atoms with Crippen molar-refractivity contribution in [2.24, 2.45) is 0 Å². The van der Waals surface area contributed by atoms with Crippen molar-refractivity contribution in [3.63, 3.8) is 0 Å². The van der Waals surface area contributed by atoms with E-state index in [1.54, 1.807) is 10.4 Å². The highest BCUT2D eigenvalue weighted by atomic mass is 32.1. The van der Waals surface area contributed by atoms with Crippen molar-refractivity contribution < 1.29 is 5.11 Å². The second kappa shape index (κ2) is 4.13. The highest BCUT2D eigenvalue weighted by Gasteiger charge is 2.32. The molecule has 2 heterocycles. The molecule has 1 aliphatic carbocycles. The van der Waals surface area contributed by atoms with Crippen LogP contribution >= 0.6 is 11.3 Å². The fourth-order valence-corrected chi connectivity index (χ4v) is 4.24. The van der Waals surface area contributed by atoms with Crippen molar-refractivity contribution in [2.45, 2.75) is 44.1 Å². The van der Waals surface area contributed by atoms with E-state index in [9.17, 15) is 5.11 Å². The summed E-state index contributed by atoms with van der Waals surface area (Å²) in [6.45, 7) is 1.72. The van der Waals surface area contributed by atoms with Crippen LogP contribution in [0.25, 0.3) is 0 Å². The lowest BCUT2D eigenvalue weighted by Crippen LogP contribution is -2.33. The van der Waals surface area contributed by atoms with Crippen molar-refractivity contribution in [2.75, 3.05) is 13.1 Å². The van der Waals surface area contributed by atoms with Crippen molar-refractivity contribution >= 4 is 11.3 Å². The van der Waals surface area contributed by atoms with Crippen molar-refractivity contribution in [3.05, 3.63) is 21.4 Å². The second-order valence-electron chi connectivity index (χ2n) is 5.20. The van der Waals surface area contributed by atoms with Crippen LogP contribution in [0.1, 0.15) is 34.6 Å². The Balaban J connectivity index is 1.77. The smallest absolute Gasteiger partial charge is 0.0831 e. The van der Waals surface area contributed by atoms with E-state index in [4.69, 9.17) is 0 Å². The molecule has 1 saturated heterocycles. The van der Waals surface area contributed by atoms with Gasteiger partial charge in [0.1, 0.15) is 0 Å². The number of nitrogens with one attached hydrogen (secondary N) is 1. The summed E-state index contributed by atoms with van der Waals surface area (Å²) >= 11 is 1.93. The number of thiophene rings is 1. The van der Waals surface area contributed by atoms with Crippen LogP contribution in [0.2, 0.25) is 0 Å². The van der Waals surface area contributed by atoms with E-state index >= 15 is 0 Å². The minimum absolute atomic E-state index is 0.479. The average molecular weight is 237 g/mol. The molecule has 0 saturated carbocycles. The number of fused-ring (bicyclic) bond motifs is 1. The normalized spacial score (nSPS) is 29.3. The number of hydrogen-bond donors (Lipinski definition) is 2. The molecule has 1 aliphatic heterocycles. The highest BCUT2D eigenvalue weighted by Crippen LogP contribution is 2.32. The van der Waals surface area contributed by atoms with Crippen LogP contribution in [0.5, 0.6) is 0 Å². The molecule has 0 radical (unpaired) electrons. The van der Waals surface area contributed by atoms with E-state index < -0.39 is 5.60 Å². The van der Waals surface area contributed by atoms with Gasteiger partial charge in [-0.2, -0.15) is 0 Å². The lowest BCUT2D eigenvalue weighted by atomic mass is 9.95. The van der Waals surface area contributed by atoms with Crippen LogP contribution in [-0.2, 0) is 19.3 Å². The van der Waals surface area contributed by atoms with Gasteiger partial charge in [0.05, 0.1) is 5.60 Å². The number of β-amino-alcohol motifs (C(OH)–C–C–N with tert-alkyl or cyclic N) is 1. The van der Waals surface area contributed by atoms with Gasteiger partial charge in [0.25, 0.3) is 0 Å². The van der Waals surface area contributed by atoms with Crippen LogP contribution < -0.4 is 5.32 Å². The lowest BCUT2D eigenvalue weighted by molar-refractivity contribution is 0.0627. The molecule has 1 aromatic rings. The maximum absolute atomic E-state index is 10.4. The molecular formula is C13H19NOS. The third-order valence-corrected chi connectivity index (χ3v) is 5.01. The maximum Gasteiger partial charge on any atom is 0.0831 e. The Kier molecular flexibility index (Phi) is 2.78. The molecule has 3 rings (SSSR count). The van der Waals surface area contributed by atoms with Gasteiger partial charge in [-0.3, -0.25) is 0 Å². The van der Waals surface area contributed by atoms with E-state index in [0.717, 1.165) is 25.9 Å². The Bertz CT molecular complexity index is 356. The lowest BCUT2D eigenvalue weighted by Gasteiger charge is -2.19. The van der Waals surface area contributed by atoms with Crippen LogP contribution in [0, 0.1) is 0 Å². The molecule has 2 N–H and O–H groups in total. The minimum atomic E-state index is -0.479. The molecular weight excluding hydrogens is 218 g/mol. The first-order valence-electron chi connectivity index (χ1n) is 6.29. The molecule has 0 bridgehead atoms. The van der Waals surface area contributed by atoms with Gasteiger partial charge in [-0.25, -0.2) is 0 Å². The summed E-state index contributed by atoms with van der Waals surface area (Å²) in [4.78, 5) is 2.97. The van der Waals surface area contributed by atoms with Crippen molar-refractivity contribution in [1.82, 2.24) is 5.32 Å². The first-order chi connectivity index (χ1) is 7.75. The number of aryl methyl sites for hydroxylation is 2. The molecule has 1 unspecified atom stereocenters. The Morgan fingerprint density at radius 3 is 3.00 bits per heavy atom. The molecule has 2 nitrogen and oxygen atoms in total. The summed E-state index contributed by atoms with van der Waals surface area (Å²) in [5.74, 6) is 0. The van der Waals surface area contributed by atoms with E-state index in [2.05, 4.69) is 11.4 Å². The Morgan fingerprint density at radius 1 is 1.38 bits per heavy atom. The fourth-order valence-electron chi connectivity index (χ4n) is 2.85. The van der Waals surface area contributed by atoms with E-state index in [0.29, 0.717) is 0 Å². The Labute approximate surface area is 101 Å². The van der Waals surface area contributed by atoms with Gasteiger partial charge in [0, 0.05) is 22.7 Å². The molecule has 2 aliphatic rings. The van der Waals surface area contributed by atoms with Gasteiger partial charge >= 0.3 is 0 Å².